The van der Waals surface area contributed by atoms with Gasteiger partial charge in [0, 0.05) is 5.56 Å². The number of aromatic nitrogens is 1. The zero-order valence-corrected chi connectivity index (χ0v) is 32.1. The summed E-state index contributed by atoms with van der Waals surface area (Å²) in [6.07, 6.45) is -1.32. The van der Waals surface area contributed by atoms with Gasteiger partial charge in [-0.05, 0) is 61.1 Å². The molecule has 1 unspecified atom stereocenters. The Morgan fingerprint density at radius 1 is 0.961 bits per heavy atom. The molecule has 5 rings (SSSR count). The molecule has 262 valence electrons. The molecule has 0 aliphatic heterocycles. The van der Waals surface area contributed by atoms with Crippen molar-refractivity contribution >= 4 is 44.0 Å². The van der Waals surface area contributed by atoms with Gasteiger partial charge in [-0.15, -0.1) is 15.9 Å². The number of pyridine rings is 1. The monoisotopic (exact) mass is 738 g/mol. The van der Waals surface area contributed by atoms with Crippen LogP contribution in [0.5, 0.6) is 0 Å². The first-order chi connectivity index (χ1) is 24.4. The van der Waals surface area contributed by atoms with Crippen LogP contribution in [0.2, 0.25) is 5.04 Å². The van der Waals surface area contributed by atoms with E-state index in [-0.39, 0.29) is 30.9 Å². The second-order valence-corrected chi connectivity index (χ2v) is 20.0. The third-order valence-electron chi connectivity index (χ3n) is 8.53. The standard InChI is InChI=1S/C41H41FNO5PSSi/c1-29(2)40-35(36(30-20-22-31(42)23-21-30)27-37(43-40)38-19-13-25-50-38)18-12-24-47-49(46)28-32(26-39(44)45)48-51(41(3,4)5,33-14-8-6-9-15-33)34-16-10-7-11-17-34/h6-11,13-17,19-23,25,27,29,32H,24,26,28H2,1-5H3/p+1/t32-/m0/s1. The number of benzene rings is 3. The van der Waals surface area contributed by atoms with Crippen LogP contribution in [0.15, 0.2) is 109 Å². The number of hydrogen-bond acceptors (Lipinski definition) is 6. The van der Waals surface area contributed by atoms with Crippen LogP contribution in [-0.2, 0) is 18.3 Å². The Labute approximate surface area is 305 Å². The molecule has 51 heavy (non-hydrogen) atoms. The van der Waals surface area contributed by atoms with Crippen LogP contribution in [0.25, 0.3) is 21.7 Å². The summed E-state index contributed by atoms with van der Waals surface area (Å²) in [5.74, 6) is 4.89. The maximum atomic E-state index is 13.9. The van der Waals surface area contributed by atoms with Gasteiger partial charge in [-0.2, -0.15) is 0 Å². The van der Waals surface area contributed by atoms with Crippen molar-refractivity contribution in [2.75, 3.05) is 12.8 Å². The van der Waals surface area contributed by atoms with Gasteiger partial charge in [-0.1, -0.05) is 125 Å². The summed E-state index contributed by atoms with van der Waals surface area (Å²) in [6, 6.07) is 32.1. The molecule has 2 aromatic heterocycles. The molecule has 0 bridgehead atoms. The normalized spacial score (nSPS) is 12.6. The van der Waals surface area contributed by atoms with Crippen LogP contribution >= 0.6 is 19.4 Å². The predicted molar refractivity (Wildman–Crippen MR) is 207 cm³/mol. The Kier molecular flexibility index (Phi) is 12.5. The average Bonchev–Trinajstić information content (AvgIpc) is 3.64. The molecule has 0 radical (unpaired) electrons. The summed E-state index contributed by atoms with van der Waals surface area (Å²) in [4.78, 5) is 18.1. The van der Waals surface area contributed by atoms with E-state index in [1.807, 2.05) is 98.1 Å². The minimum atomic E-state index is -3.12. The molecule has 6 nitrogen and oxygen atoms in total. The zero-order chi connectivity index (χ0) is 36.6. The molecule has 0 aliphatic carbocycles. The summed E-state index contributed by atoms with van der Waals surface area (Å²) < 4.78 is 40.1. The number of carboxylic acids is 1. The highest BCUT2D eigenvalue weighted by molar-refractivity contribution is 7.39. The lowest BCUT2D eigenvalue weighted by Gasteiger charge is -2.44. The number of halogens is 1. The van der Waals surface area contributed by atoms with Crippen molar-refractivity contribution in [1.82, 2.24) is 4.98 Å². The first-order valence-electron chi connectivity index (χ1n) is 16.8. The highest BCUT2D eigenvalue weighted by atomic mass is 32.1. The Morgan fingerprint density at radius 2 is 1.59 bits per heavy atom. The molecule has 0 saturated carbocycles. The molecule has 0 fully saturated rings. The van der Waals surface area contributed by atoms with Crippen molar-refractivity contribution in [1.29, 1.82) is 0 Å². The molecule has 0 aliphatic rings. The molecule has 2 heterocycles. The van der Waals surface area contributed by atoms with Gasteiger partial charge in [0.1, 0.15) is 11.9 Å². The fourth-order valence-corrected chi connectivity index (χ4v) is 12.6. The van der Waals surface area contributed by atoms with Crippen LogP contribution in [0.1, 0.15) is 58.2 Å². The van der Waals surface area contributed by atoms with Gasteiger partial charge in [0.2, 0.25) is 6.16 Å². The van der Waals surface area contributed by atoms with Crippen LogP contribution < -0.4 is 10.4 Å². The molecule has 1 N–H and O–H groups in total. The van der Waals surface area contributed by atoms with E-state index in [9.17, 15) is 18.9 Å². The van der Waals surface area contributed by atoms with E-state index < -0.39 is 33.5 Å². The first kappa shape index (κ1) is 37.9. The minimum Gasteiger partial charge on any atom is -0.481 e. The quantitative estimate of drug-likeness (QED) is 0.0737. The summed E-state index contributed by atoms with van der Waals surface area (Å²) in [7, 11) is -5.45. The molecule has 3 aromatic carbocycles. The molecule has 0 amide bonds. The SMILES string of the molecule is CC(C)c1nc(-c2cccs2)cc(-c2ccc(F)cc2)c1C#CCO[P+](=O)C[C@H](CC(=O)O)O[Si](c1ccccc1)(c1ccccc1)C(C)(C)C. The molecular weight excluding hydrogens is 697 g/mol. The minimum absolute atomic E-state index is 0.0290. The Hall–Kier alpha value is -4.29. The topological polar surface area (TPSA) is 85.7 Å². The van der Waals surface area contributed by atoms with Gasteiger partial charge in [0.25, 0.3) is 8.32 Å². The summed E-state index contributed by atoms with van der Waals surface area (Å²) >= 11 is 1.59. The largest absolute Gasteiger partial charge is 0.511 e. The first-order valence-corrected chi connectivity index (χ1v) is 21.0. The van der Waals surface area contributed by atoms with Crippen molar-refractivity contribution in [3.63, 3.8) is 0 Å². The van der Waals surface area contributed by atoms with E-state index in [1.54, 1.807) is 23.5 Å². The summed E-state index contributed by atoms with van der Waals surface area (Å²) in [6.45, 7) is 10.3. The fourth-order valence-electron chi connectivity index (χ4n) is 6.25. The van der Waals surface area contributed by atoms with Gasteiger partial charge >= 0.3 is 14.0 Å². The van der Waals surface area contributed by atoms with Crippen molar-refractivity contribution in [2.45, 2.75) is 58.1 Å². The Balaban J connectivity index is 1.42. The Morgan fingerprint density at radius 3 is 2.12 bits per heavy atom. The van der Waals surface area contributed by atoms with E-state index in [4.69, 9.17) is 13.9 Å². The van der Waals surface area contributed by atoms with Crippen molar-refractivity contribution in [3.8, 4) is 33.5 Å². The molecule has 0 spiro atoms. The predicted octanol–water partition coefficient (Wildman–Crippen LogP) is 9.27. The maximum Gasteiger partial charge on any atom is 0.511 e. The van der Waals surface area contributed by atoms with Gasteiger partial charge in [-0.3, -0.25) is 9.78 Å². The number of thiophene rings is 1. The fraction of sp³-hybridized carbons (Fsp3) is 0.268. The molecule has 0 saturated heterocycles. The number of nitrogens with zero attached hydrogens (tertiary/aromatic N) is 1. The average molecular weight is 739 g/mol. The highest BCUT2D eigenvalue weighted by Crippen LogP contribution is 2.39. The number of carbonyl (C=O) groups is 1. The molecule has 5 aromatic rings. The van der Waals surface area contributed by atoms with Crippen molar-refractivity contribution in [2.24, 2.45) is 0 Å². The number of aliphatic carboxylic acids is 1. The van der Waals surface area contributed by atoms with Gasteiger partial charge in [-0.25, -0.2) is 4.39 Å². The van der Waals surface area contributed by atoms with Crippen LogP contribution in [-0.4, -0.2) is 43.2 Å². The lowest BCUT2D eigenvalue weighted by molar-refractivity contribution is -0.138. The van der Waals surface area contributed by atoms with Crippen LogP contribution in [0, 0.1) is 17.7 Å². The van der Waals surface area contributed by atoms with E-state index in [0.717, 1.165) is 37.8 Å². The van der Waals surface area contributed by atoms with Crippen LogP contribution in [0.4, 0.5) is 4.39 Å². The van der Waals surface area contributed by atoms with Gasteiger partial charge in [0.15, 0.2) is 6.61 Å². The third kappa shape index (κ3) is 9.15. The lowest BCUT2D eigenvalue weighted by atomic mass is 9.93. The van der Waals surface area contributed by atoms with E-state index >= 15 is 0 Å². The third-order valence-corrected chi connectivity index (χ3v) is 15.6. The maximum absolute atomic E-state index is 13.9. The zero-order valence-electron chi connectivity index (χ0n) is 29.4. The smallest absolute Gasteiger partial charge is 0.481 e. The Bertz CT molecular complexity index is 1970. The summed E-state index contributed by atoms with van der Waals surface area (Å²) in [5.41, 5.74) is 3.90. The number of carboxylic acid groups (broad SMARTS) is 1. The van der Waals surface area contributed by atoms with Crippen LogP contribution in [0.3, 0.4) is 0 Å². The van der Waals surface area contributed by atoms with E-state index in [1.165, 1.54) is 12.1 Å². The second kappa shape index (κ2) is 16.8. The van der Waals surface area contributed by atoms with Crippen molar-refractivity contribution in [3.05, 3.63) is 126 Å². The van der Waals surface area contributed by atoms with E-state index in [2.05, 4.69) is 32.6 Å². The summed E-state index contributed by atoms with van der Waals surface area (Å²) in [5, 5.41) is 13.5. The van der Waals surface area contributed by atoms with Gasteiger partial charge < -0.3 is 9.53 Å². The molecule has 10 heteroatoms. The van der Waals surface area contributed by atoms with Gasteiger partial charge in [0.05, 0.1) is 28.2 Å². The number of rotatable bonds is 13. The molecule has 2 atom stereocenters. The lowest BCUT2D eigenvalue weighted by Crippen LogP contribution is -2.68. The second-order valence-electron chi connectivity index (χ2n) is 13.5. The van der Waals surface area contributed by atoms with E-state index in [0.29, 0.717) is 5.56 Å². The van der Waals surface area contributed by atoms with Crippen molar-refractivity contribution < 1.29 is 27.8 Å². The number of hydrogen-bond donors (Lipinski definition) is 1. The highest BCUT2D eigenvalue weighted by Gasteiger charge is 2.52. The molecular formula is C41H42FNO5PSSi+.